The molecule has 4 heteroatoms. The summed E-state index contributed by atoms with van der Waals surface area (Å²) in [5.74, 6) is 0.724. The third-order valence-electron chi connectivity index (χ3n) is 1.83. The molecule has 17 heavy (non-hydrogen) atoms. The van der Waals surface area contributed by atoms with Crippen molar-refractivity contribution in [1.29, 1.82) is 0 Å². The van der Waals surface area contributed by atoms with Gasteiger partial charge in [-0.05, 0) is 48.0 Å². The monoisotopic (exact) mass is 293 g/mol. The summed E-state index contributed by atoms with van der Waals surface area (Å²) < 4.78 is 0.928. The van der Waals surface area contributed by atoms with Crippen LogP contribution in [-0.4, -0.2) is 15.7 Å². The van der Waals surface area contributed by atoms with Crippen LogP contribution in [0, 0.1) is 0 Å². The Bertz CT molecular complexity index is 531. The van der Waals surface area contributed by atoms with Gasteiger partial charge in [-0.25, -0.2) is 9.98 Å². The molecule has 0 aliphatic heterocycles. The molecule has 0 aromatic carbocycles. The molecular weight excluding hydrogens is 278 g/mol. The minimum absolute atomic E-state index is 0.724. The van der Waals surface area contributed by atoms with Crippen molar-refractivity contribution in [3.63, 3.8) is 0 Å². The van der Waals surface area contributed by atoms with Crippen LogP contribution in [0.4, 0.5) is 5.82 Å². The van der Waals surface area contributed by atoms with Crippen LogP contribution in [0.15, 0.2) is 33.9 Å². The Kier molecular flexibility index (Phi) is 5.22. The van der Waals surface area contributed by atoms with Crippen LogP contribution in [-0.2, 0) is 0 Å². The fourth-order valence-electron chi connectivity index (χ4n) is 1.26. The predicted octanol–water partition coefficient (Wildman–Crippen LogP) is 4.53. The SMILES string of the molecule is CC.CC(C)=Nc1ccc2ncc(Br)cc2n1. The van der Waals surface area contributed by atoms with Crippen LogP contribution in [0.1, 0.15) is 27.7 Å². The smallest absolute Gasteiger partial charge is 0.152 e. The van der Waals surface area contributed by atoms with E-state index in [9.17, 15) is 0 Å². The molecule has 0 fully saturated rings. The zero-order valence-corrected chi connectivity index (χ0v) is 12.1. The second-order valence-corrected chi connectivity index (χ2v) is 4.34. The van der Waals surface area contributed by atoms with Gasteiger partial charge in [-0.3, -0.25) is 4.98 Å². The van der Waals surface area contributed by atoms with Crippen molar-refractivity contribution < 1.29 is 0 Å². The number of hydrogen-bond acceptors (Lipinski definition) is 3. The number of halogens is 1. The van der Waals surface area contributed by atoms with Crippen molar-refractivity contribution in [2.24, 2.45) is 4.99 Å². The van der Waals surface area contributed by atoms with E-state index >= 15 is 0 Å². The first-order valence-corrected chi connectivity index (χ1v) is 6.38. The normalized spacial score (nSPS) is 9.47. The molecule has 3 nitrogen and oxygen atoms in total. The van der Waals surface area contributed by atoms with Gasteiger partial charge in [0.25, 0.3) is 0 Å². The van der Waals surface area contributed by atoms with Crippen molar-refractivity contribution >= 4 is 38.5 Å². The Balaban J connectivity index is 0.000000686. The Morgan fingerprint density at radius 1 is 1.18 bits per heavy atom. The van der Waals surface area contributed by atoms with Crippen LogP contribution < -0.4 is 0 Å². The van der Waals surface area contributed by atoms with E-state index in [4.69, 9.17) is 0 Å². The molecule has 0 bridgehead atoms. The fraction of sp³-hybridized carbons (Fsp3) is 0.308. The van der Waals surface area contributed by atoms with Gasteiger partial charge in [0, 0.05) is 16.4 Å². The summed E-state index contributed by atoms with van der Waals surface area (Å²) in [7, 11) is 0. The highest BCUT2D eigenvalue weighted by Gasteiger charge is 1.99. The van der Waals surface area contributed by atoms with Crippen molar-refractivity contribution in [1.82, 2.24) is 9.97 Å². The van der Waals surface area contributed by atoms with E-state index in [1.54, 1.807) is 6.20 Å². The van der Waals surface area contributed by atoms with Gasteiger partial charge in [0.05, 0.1) is 11.0 Å². The zero-order valence-electron chi connectivity index (χ0n) is 10.5. The maximum absolute atomic E-state index is 4.40. The van der Waals surface area contributed by atoms with Crippen LogP contribution in [0.3, 0.4) is 0 Å². The summed E-state index contributed by atoms with van der Waals surface area (Å²) >= 11 is 3.37. The molecule has 0 radical (unpaired) electrons. The maximum atomic E-state index is 4.40. The van der Waals surface area contributed by atoms with Gasteiger partial charge in [-0.1, -0.05) is 13.8 Å². The summed E-state index contributed by atoms with van der Waals surface area (Å²) in [5.41, 5.74) is 2.72. The van der Waals surface area contributed by atoms with Crippen LogP contribution in [0.25, 0.3) is 11.0 Å². The second kappa shape index (κ2) is 6.45. The van der Waals surface area contributed by atoms with Crippen LogP contribution in [0.5, 0.6) is 0 Å². The lowest BCUT2D eigenvalue weighted by Crippen LogP contribution is -1.85. The molecule has 0 atom stereocenters. The van der Waals surface area contributed by atoms with E-state index in [0.717, 1.165) is 27.0 Å². The number of rotatable bonds is 1. The van der Waals surface area contributed by atoms with Gasteiger partial charge in [0.2, 0.25) is 0 Å². The number of fused-ring (bicyclic) bond motifs is 1. The van der Waals surface area contributed by atoms with Crippen molar-refractivity contribution in [2.45, 2.75) is 27.7 Å². The molecule has 2 heterocycles. The standard InChI is InChI=1S/C11H10BrN3.C2H6/c1-7(2)14-11-4-3-9-10(15-11)5-8(12)6-13-9;1-2/h3-6H,1-2H3;1-2H3. The lowest BCUT2D eigenvalue weighted by molar-refractivity contribution is 1.28. The average Bonchev–Trinajstić information content (AvgIpc) is 2.30. The van der Waals surface area contributed by atoms with Gasteiger partial charge in [-0.2, -0.15) is 0 Å². The highest BCUT2D eigenvalue weighted by Crippen LogP contribution is 2.18. The lowest BCUT2D eigenvalue weighted by atomic mass is 10.3. The molecule has 0 unspecified atom stereocenters. The summed E-state index contributed by atoms with van der Waals surface area (Å²) in [6, 6.07) is 5.74. The van der Waals surface area contributed by atoms with E-state index in [1.165, 1.54) is 0 Å². The highest BCUT2D eigenvalue weighted by molar-refractivity contribution is 9.10. The molecule has 2 aromatic rings. The minimum atomic E-state index is 0.724. The van der Waals surface area contributed by atoms with E-state index in [-0.39, 0.29) is 0 Å². The van der Waals surface area contributed by atoms with Gasteiger partial charge in [0.15, 0.2) is 5.82 Å². The first-order chi connectivity index (χ1) is 8.15. The summed E-state index contributed by atoms with van der Waals surface area (Å²) in [5, 5.41) is 0. The number of aromatic nitrogens is 2. The number of aliphatic imine (C=N–C) groups is 1. The fourth-order valence-corrected chi connectivity index (χ4v) is 1.58. The largest absolute Gasteiger partial charge is 0.253 e. The van der Waals surface area contributed by atoms with Gasteiger partial charge in [0.1, 0.15) is 0 Å². The summed E-state index contributed by atoms with van der Waals surface area (Å²) in [6.07, 6.45) is 1.76. The molecule has 0 saturated heterocycles. The molecule has 0 amide bonds. The Morgan fingerprint density at radius 2 is 1.88 bits per heavy atom. The van der Waals surface area contributed by atoms with E-state index in [1.807, 2.05) is 45.9 Å². The molecule has 0 spiro atoms. The van der Waals surface area contributed by atoms with Gasteiger partial charge in [-0.15, -0.1) is 0 Å². The van der Waals surface area contributed by atoms with Gasteiger partial charge >= 0.3 is 0 Å². The van der Waals surface area contributed by atoms with E-state index in [2.05, 4.69) is 30.9 Å². The molecule has 2 aromatic heterocycles. The molecular formula is C13H16BrN3. The maximum Gasteiger partial charge on any atom is 0.152 e. The van der Waals surface area contributed by atoms with Gasteiger partial charge < -0.3 is 0 Å². The third-order valence-corrected chi connectivity index (χ3v) is 2.26. The number of hydrogen-bond donors (Lipinski definition) is 0. The summed E-state index contributed by atoms with van der Waals surface area (Å²) in [6.45, 7) is 7.90. The number of nitrogens with zero attached hydrogens (tertiary/aromatic N) is 3. The average molecular weight is 294 g/mol. The van der Waals surface area contributed by atoms with E-state index < -0.39 is 0 Å². The predicted molar refractivity (Wildman–Crippen MR) is 77.0 cm³/mol. The van der Waals surface area contributed by atoms with Crippen LogP contribution >= 0.6 is 15.9 Å². The van der Waals surface area contributed by atoms with Crippen molar-refractivity contribution in [3.05, 3.63) is 28.9 Å². The van der Waals surface area contributed by atoms with Crippen LogP contribution in [0.2, 0.25) is 0 Å². The van der Waals surface area contributed by atoms with Crippen molar-refractivity contribution in [3.8, 4) is 0 Å². The topological polar surface area (TPSA) is 38.1 Å². The first-order valence-electron chi connectivity index (χ1n) is 5.59. The quantitative estimate of drug-likeness (QED) is 0.725. The first kappa shape index (κ1) is 13.8. The minimum Gasteiger partial charge on any atom is -0.253 e. The molecule has 0 saturated carbocycles. The lowest BCUT2D eigenvalue weighted by Gasteiger charge is -1.99. The Morgan fingerprint density at radius 3 is 2.53 bits per heavy atom. The Hall–Kier alpha value is -1.29. The highest BCUT2D eigenvalue weighted by atomic mass is 79.9. The zero-order chi connectivity index (χ0) is 12.8. The third kappa shape index (κ3) is 3.89. The molecule has 2 rings (SSSR count). The molecule has 0 aliphatic carbocycles. The Labute approximate surface area is 110 Å². The second-order valence-electron chi connectivity index (χ2n) is 3.42. The van der Waals surface area contributed by atoms with Crippen molar-refractivity contribution in [2.75, 3.05) is 0 Å². The summed E-state index contributed by atoms with van der Waals surface area (Å²) in [4.78, 5) is 12.9. The molecule has 0 N–H and O–H groups in total. The molecule has 0 aliphatic rings. The van der Waals surface area contributed by atoms with E-state index in [0.29, 0.717) is 0 Å². The number of pyridine rings is 2. The molecule has 90 valence electrons.